The van der Waals surface area contributed by atoms with Gasteiger partial charge in [0.05, 0.1) is 23.3 Å². The molecule has 2 aromatic heterocycles. The summed E-state index contributed by atoms with van der Waals surface area (Å²) < 4.78 is 34.2. The molecule has 232 valence electrons. The molecule has 0 saturated carbocycles. The fraction of sp³-hybridized carbons (Fsp3) is 0.536. The Labute approximate surface area is 249 Å². The number of carboxylic acid groups (broad SMARTS) is 1. The molecule has 1 aromatic carbocycles. The van der Waals surface area contributed by atoms with Gasteiger partial charge < -0.3 is 15.8 Å². The number of carboxylic acids is 1. The van der Waals surface area contributed by atoms with E-state index in [9.17, 15) is 18.0 Å². The van der Waals surface area contributed by atoms with Gasteiger partial charge in [-0.2, -0.15) is 13.2 Å². The van der Waals surface area contributed by atoms with Crippen LogP contribution >= 0.6 is 23.3 Å². The van der Waals surface area contributed by atoms with E-state index in [1.54, 1.807) is 11.3 Å². The summed E-state index contributed by atoms with van der Waals surface area (Å²) in [5.74, 6) is -1.99. The number of alkyl halides is 3. The molecule has 1 amide bonds. The van der Waals surface area contributed by atoms with Crippen molar-refractivity contribution in [3.05, 3.63) is 40.3 Å². The van der Waals surface area contributed by atoms with Crippen LogP contribution in [-0.2, 0) is 11.3 Å². The van der Waals surface area contributed by atoms with Crippen molar-refractivity contribution < 1.29 is 27.9 Å². The summed E-state index contributed by atoms with van der Waals surface area (Å²) in [4.78, 5) is 30.5. The molecule has 8 nitrogen and oxygen atoms in total. The van der Waals surface area contributed by atoms with Crippen molar-refractivity contribution in [2.75, 3.05) is 32.4 Å². The highest BCUT2D eigenvalue weighted by Gasteiger charge is 2.38. The van der Waals surface area contributed by atoms with Crippen LogP contribution < -0.4 is 5.73 Å². The Balaban J connectivity index is 0.000000702. The zero-order valence-electron chi connectivity index (χ0n) is 25.0. The van der Waals surface area contributed by atoms with Crippen LogP contribution in [-0.4, -0.2) is 74.8 Å². The molecule has 0 aliphatic heterocycles. The van der Waals surface area contributed by atoms with E-state index in [-0.39, 0.29) is 0 Å². The molecule has 13 heteroatoms. The fourth-order valence-electron chi connectivity index (χ4n) is 3.20. The van der Waals surface area contributed by atoms with Crippen molar-refractivity contribution in [3.63, 3.8) is 0 Å². The number of aromatic nitrogens is 2. The third kappa shape index (κ3) is 14.2. The van der Waals surface area contributed by atoms with Crippen LogP contribution in [0.5, 0.6) is 0 Å². The first-order chi connectivity index (χ1) is 19.4. The van der Waals surface area contributed by atoms with Gasteiger partial charge in [-0.1, -0.05) is 59.9 Å². The summed E-state index contributed by atoms with van der Waals surface area (Å²) in [6.45, 7) is 17.0. The number of nitrogens with two attached hydrogens (primary N) is 1. The Kier molecular flexibility index (Phi) is 19.0. The molecule has 0 radical (unpaired) electrons. The Hall–Kier alpha value is -2.61. The van der Waals surface area contributed by atoms with Gasteiger partial charge in [0.25, 0.3) is 5.91 Å². The predicted octanol–water partition coefficient (Wildman–Crippen LogP) is 7.28. The lowest BCUT2D eigenvalue weighted by atomic mass is 10.0. The van der Waals surface area contributed by atoms with Crippen molar-refractivity contribution in [3.8, 4) is 11.3 Å². The highest BCUT2D eigenvalue weighted by molar-refractivity contribution is 7.96. The monoisotopic (exact) mass is 619 g/mol. The van der Waals surface area contributed by atoms with E-state index in [4.69, 9.17) is 15.6 Å². The maximum absolute atomic E-state index is 11.7. The Morgan fingerprint density at radius 2 is 1.78 bits per heavy atom. The largest absolute Gasteiger partial charge is 0.490 e. The number of benzene rings is 1. The van der Waals surface area contributed by atoms with Gasteiger partial charge in [0.2, 0.25) is 0 Å². The van der Waals surface area contributed by atoms with Crippen LogP contribution in [0.4, 0.5) is 13.2 Å². The lowest BCUT2D eigenvalue weighted by molar-refractivity contribution is -0.192. The molecule has 3 rings (SSSR count). The average molecular weight is 620 g/mol. The molecule has 2 heterocycles. The second kappa shape index (κ2) is 20.3. The molecule has 0 spiro atoms. The van der Waals surface area contributed by atoms with Crippen molar-refractivity contribution in [1.82, 2.24) is 19.2 Å². The fourth-order valence-corrected chi connectivity index (χ4v) is 4.89. The molecule has 0 fully saturated rings. The van der Waals surface area contributed by atoms with Gasteiger partial charge in [0.1, 0.15) is 5.01 Å². The van der Waals surface area contributed by atoms with E-state index in [1.165, 1.54) is 31.7 Å². The molecule has 41 heavy (non-hydrogen) atoms. The number of halogens is 3. The Morgan fingerprint density at radius 1 is 1.15 bits per heavy atom. The maximum Gasteiger partial charge on any atom is 0.490 e. The van der Waals surface area contributed by atoms with Crippen molar-refractivity contribution >= 4 is 46.1 Å². The third-order valence-corrected chi connectivity index (χ3v) is 7.28. The first kappa shape index (κ1) is 38.4. The molecule has 4 N–H and O–H groups in total. The van der Waals surface area contributed by atoms with E-state index >= 15 is 0 Å². The normalized spacial score (nSPS) is 10.8. The molecule has 0 bridgehead atoms. The molecule has 0 atom stereocenters. The second-order valence-corrected chi connectivity index (χ2v) is 10.7. The SMILES string of the molecule is CC.CCCCN(CC)SCC.CCN(C)Cc1nc(-c2cc(C(N)=O)c3[nH]ccc3c2)cs1.O=C(O)C(F)(F)F. The van der Waals surface area contributed by atoms with Gasteiger partial charge in [0, 0.05) is 41.4 Å². The molecule has 0 unspecified atom stereocenters. The first-order valence-corrected chi connectivity index (χ1v) is 15.4. The van der Waals surface area contributed by atoms with Crippen molar-refractivity contribution in [2.45, 2.75) is 67.1 Å². The van der Waals surface area contributed by atoms with Crippen molar-refractivity contribution in [2.24, 2.45) is 5.73 Å². The van der Waals surface area contributed by atoms with Gasteiger partial charge in [0.15, 0.2) is 0 Å². The van der Waals surface area contributed by atoms with E-state index in [1.807, 2.05) is 55.6 Å². The Morgan fingerprint density at radius 3 is 2.27 bits per heavy atom. The number of amides is 1. The number of hydrogen-bond donors (Lipinski definition) is 3. The van der Waals surface area contributed by atoms with E-state index in [2.05, 4.69) is 53.9 Å². The molecule has 3 aromatic rings. The third-order valence-electron chi connectivity index (χ3n) is 5.39. The molecular weight excluding hydrogens is 575 g/mol. The molecule has 0 aliphatic carbocycles. The lowest BCUT2D eigenvalue weighted by Gasteiger charge is -2.17. The molecule has 0 saturated heterocycles. The van der Waals surface area contributed by atoms with Gasteiger partial charge in [-0.3, -0.25) is 14.0 Å². The summed E-state index contributed by atoms with van der Waals surface area (Å²) in [5, 5.41) is 11.2. The second-order valence-electron chi connectivity index (χ2n) is 8.38. The minimum Gasteiger partial charge on any atom is -0.475 e. The summed E-state index contributed by atoms with van der Waals surface area (Å²) >= 11 is 3.58. The van der Waals surface area contributed by atoms with Gasteiger partial charge >= 0.3 is 12.1 Å². The van der Waals surface area contributed by atoms with Crippen LogP contribution in [0.3, 0.4) is 0 Å². The van der Waals surface area contributed by atoms with Crippen LogP contribution in [0.2, 0.25) is 0 Å². The number of carbonyl (C=O) groups is 2. The average Bonchev–Trinajstić information content (AvgIpc) is 3.61. The minimum atomic E-state index is -5.08. The highest BCUT2D eigenvalue weighted by atomic mass is 32.2. The highest BCUT2D eigenvalue weighted by Crippen LogP contribution is 2.28. The number of aliphatic carboxylic acids is 1. The number of carbonyl (C=O) groups excluding carboxylic acids is 1. The van der Waals surface area contributed by atoms with Crippen LogP contribution in [0.15, 0.2) is 29.8 Å². The zero-order chi connectivity index (χ0) is 31.6. The number of H-pyrrole nitrogens is 1. The van der Waals surface area contributed by atoms with E-state index in [0.29, 0.717) is 5.56 Å². The quantitative estimate of drug-likeness (QED) is 0.193. The smallest absolute Gasteiger partial charge is 0.475 e. The Bertz CT molecular complexity index is 1170. The molecular formula is C28H44F3N5O3S2. The number of aromatic amines is 1. The topological polar surface area (TPSA) is 116 Å². The maximum atomic E-state index is 11.7. The van der Waals surface area contributed by atoms with Crippen LogP contribution in [0.1, 0.15) is 69.7 Å². The number of hydrogen-bond acceptors (Lipinski definition) is 7. The summed E-state index contributed by atoms with van der Waals surface area (Å²) in [6.07, 6.45) is -0.634. The van der Waals surface area contributed by atoms with Crippen molar-refractivity contribution in [1.29, 1.82) is 0 Å². The van der Waals surface area contributed by atoms with Gasteiger partial charge in [-0.15, -0.1) is 11.3 Å². The summed E-state index contributed by atoms with van der Waals surface area (Å²) in [6, 6.07) is 5.77. The number of nitrogens with zero attached hydrogens (tertiary/aromatic N) is 3. The number of nitrogens with one attached hydrogen (secondary N) is 1. The van der Waals surface area contributed by atoms with Gasteiger partial charge in [-0.25, -0.2) is 9.78 Å². The zero-order valence-corrected chi connectivity index (χ0v) is 26.6. The van der Waals surface area contributed by atoms with Crippen LogP contribution in [0.25, 0.3) is 22.2 Å². The van der Waals surface area contributed by atoms with Gasteiger partial charge in [-0.05, 0) is 38.2 Å². The number of primary amides is 1. The van der Waals surface area contributed by atoms with E-state index in [0.717, 1.165) is 40.3 Å². The number of thiazole rings is 1. The van der Waals surface area contributed by atoms with Crippen LogP contribution in [0, 0.1) is 0 Å². The minimum absolute atomic E-state index is 0.435. The summed E-state index contributed by atoms with van der Waals surface area (Å²) in [7, 11) is 2.07. The lowest BCUT2D eigenvalue weighted by Crippen LogP contribution is -2.21. The molecule has 0 aliphatic rings. The number of rotatable bonds is 11. The standard InChI is InChI=1S/C16H18N4OS.C8H19NS.C2HF3O2.C2H6/c1-3-20(2)8-14-19-13(9-22-14)11-6-10-4-5-18-15(10)12(7-11)16(17)21;1-4-7-8-9(5-2)10-6-3;3-2(4,5)1(6)7;1-2/h4-7,9,18H,3,8H2,1-2H3,(H2,17,21);4-8H2,1-3H3;(H,6,7);1-2H3. The number of fused-ring (bicyclic) bond motifs is 1. The first-order valence-electron chi connectivity index (χ1n) is 13.6. The number of unbranched alkanes of at least 4 members (excludes halogenated alkanes) is 1. The predicted molar refractivity (Wildman–Crippen MR) is 165 cm³/mol. The van der Waals surface area contributed by atoms with E-state index < -0.39 is 18.1 Å². The summed E-state index contributed by atoms with van der Waals surface area (Å²) in [5.41, 5.74) is 8.57.